The summed E-state index contributed by atoms with van der Waals surface area (Å²) >= 11 is 0. The molecule has 29 heavy (non-hydrogen) atoms. The number of carbonyl (C=O) groups is 2. The van der Waals surface area contributed by atoms with E-state index in [-0.39, 0.29) is 11.9 Å². The molecule has 160 valence electrons. The molecule has 1 aromatic rings. The number of carbonyl (C=O) groups excluding carboxylic acids is 2. The molecule has 3 amide bonds. The minimum Gasteiger partial charge on any atom is -0.374 e. The molecule has 0 aromatic heterocycles. The van der Waals surface area contributed by atoms with Crippen molar-refractivity contribution >= 4 is 23.3 Å². The number of piperazine rings is 1. The normalized spacial score (nSPS) is 19.1. The lowest BCUT2D eigenvalue weighted by Crippen LogP contribution is -2.48. The van der Waals surface area contributed by atoms with Gasteiger partial charge < -0.3 is 20.4 Å². The molecule has 7 heteroatoms. The van der Waals surface area contributed by atoms with Gasteiger partial charge in [-0.2, -0.15) is 0 Å². The van der Waals surface area contributed by atoms with Crippen molar-refractivity contribution in [2.24, 2.45) is 0 Å². The molecule has 2 aliphatic rings. The van der Waals surface area contributed by atoms with E-state index in [0.29, 0.717) is 0 Å². The molecular formula is C22H35N5O2. The van der Waals surface area contributed by atoms with Gasteiger partial charge in [0.15, 0.2) is 0 Å². The van der Waals surface area contributed by atoms with Crippen LogP contribution in [-0.2, 0) is 4.79 Å². The van der Waals surface area contributed by atoms with Crippen molar-refractivity contribution in [2.75, 3.05) is 42.9 Å². The molecule has 1 heterocycles. The Hall–Kier alpha value is -2.28. The highest BCUT2D eigenvalue weighted by atomic mass is 16.2. The third kappa shape index (κ3) is 5.85. The van der Waals surface area contributed by atoms with Crippen molar-refractivity contribution < 1.29 is 9.59 Å². The van der Waals surface area contributed by atoms with Crippen LogP contribution in [0.4, 0.5) is 16.2 Å². The van der Waals surface area contributed by atoms with Crippen LogP contribution in [-0.4, -0.2) is 61.6 Å². The Kier molecular flexibility index (Phi) is 7.36. The summed E-state index contributed by atoms with van der Waals surface area (Å²) in [4.78, 5) is 29.3. The van der Waals surface area contributed by atoms with Crippen LogP contribution in [0.3, 0.4) is 0 Å². The predicted octanol–water partition coefficient (Wildman–Crippen LogP) is 2.71. The Labute approximate surface area is 174 Å². The van der Waals surface area contributed by atoms with Gasteiger partial charge >= 0.3 is 6.03 Å². The van der Waals surface area contributed by atoms with Crippen molar-refractivity contribution in [3.63, 3.8) is 0 Å². The van der Waals surface area contributed by atoms with Gasteiger partial charge in [0.05, 0.1) is 0 Å². The highest BCUT2D eigenvalue weighted by molar-refractivity contribution is 5.98. The van der Waals surface area contributed by atoms with Crippen LogP contribution in [0.1, 0.15) is 45.1 Å². The fourth-order valence-corrected chi connectivity index (χ4v) is 4.14. The lowest BCUT2D eigenvalue weighted by molar-refractivity contribution is -0.120. The molecular weight excluding hydrogens is 366 g/mol. The third-order valence-electron chi connectivity index (χ3n) is 6.09. The third-order valence-corrected chi connectivity index (χ3v) is 6.09. The molecule has 1 aromatic carbocycles. The van der Waals surface area contributed by atoms with Crippen molar-refractivity contribution in [2.45, 2.75) is 58.5 Å². The molecule has 3 rings (SSSR count). The number of rotatable bonds is 6. The largest absolute Gasteiger partial charge is 0.374 e. The summed E-state index contributed by atoms with van der Waals surface area (Å²) in [5.74, 6) is -0.320. The summed E-state index contributed by atoms with van der Waals surface area (Å²) in [5.41, 5.74) is 3.23. The summed E-state index contributed by atoms with van der Waals surface area (Å²) < 4.78 is 0. The van der Waals surface area contributed by atoms with Crippen LogP contribution in [0, 0.1) is 6.92 Å². The van der Waals surface area contributed by atoms with Gasteiger partial charge in [-0.3, -0.25) is 10.1 Å². The quantitative estimate of drug-likeness (QED) is 0.683. The van der Waals surface area contributed by atoms with E-state index in [2.05, 4.69) is 44.8 Å². The number of hydrogen-bond acceptors (Lipinski definition) is 5. The monoisotopic (exact) mass is 401 g/mol. The molecule has 0 spiro atoms. The molecule has 1 saturated carbocycles. The average Bonchev–Trinajstić information content (AvgIpc) is 3.22. The molecule has 1 saturated heterocycles. The second-order valence-electron chi connectivity index (χ2n) is 8.23. The summed E-state index contributed by atoms with van der Waals surface area (Å²) in [6.45, 7) is 11.4. The number of nitrogens with one attached hydrogen (secondary N) is 3. The van der Waals surface area contributed by atoms with E-state index < -0.39 is 12.1 Å². The number of amides is 3. The van der Waals surface area contributed by atoms with Crippen molar-refractivity contribution in [1.82, 2.24) is 15.5 Å². The van der Waals surface area contributed by atoms with Crippen LogP contribution in [0.25, 0.3) is 0 Å². The molecule has 0 bridgehead atoms. The average molecular weight is 402 g/mol. The van der Waals surface area contributed by atoms with E-state index in [1.807, 2.05) is 13.0 Å². The first-order valence-corrected chi connectivity index (χ1v) is 10.9. The fourth-order valence-electron chi connectivity index (χ4n) is 4.14. The number of imide groups is 1. The van der Waals surface area contributed by atoms with Gasteiger partial charge in [0.2, 0.25) is 5.91 Å². The number of likely N-dealkylation sites (N-methyl/N-ethyl adjacent to an activating group) is 1. The van der Waals surface area contributed by atoms with Gasteiger partial charge in [0.25, 0.3) is 0 Å². The second-order valence-corrected chi connectivity index (χ2v) is 8.23. The van der Waals surface area contributed by atoms with Crippen molar-refractivity contribution in [3.05, 3.63) is 23.8 Å². The van der Waals surface area contributed by atoms with Gasteiger partial charge in [-0.05, 0) is 57.0 Å². The molecule has 3 N–H and O–H groups in total. The number of aryl methyl sites for hydroxylation is 1. The number of benzene rings is 1. The fraction of sp³-hybridized carbons (Fsp3) is 0.636. The van der Waals surface area contributed by atoms with E-state index in [0.717, 1.165) is 69.7 Å². The lowest BCUT2D eigenvalue weighted by Gasteiger charge is -2.35. The molecule has 1 aliphatic carbocycles. The first kappa shape index (κ1) is 21.4. The SMILES string of the molecule is CCN1CCN(c2ccc(NC(C)C(=O)NC(=O)NC3CCCC3)c(C)c2)CC1. The topological polar surface area (TPSA) is 76.7 Å². The highest BCUT2D eigenvalue weighted by Gasteiger charge is 2.21. The van der Waals surface area contributed by atoms with Crippen LogP contribution in [0.2, 0.25) is 0 Å². The molecule has 1 unspecified atom stereocenters. The number of urea groups is 1. The van der Waals surface area contributed by atoms with Gasteiger partial charge in [-0.15, -0.1) is 0 Å². The zero-order valence-electron chi connectivity index (χ0n) is 18.0. The first-order valence-electron chi connectivity index (χ1n) is 10.9. The molecule has 1 aliphatic heterocycles. The van der Waals surface area contributed by atoms with Crippen LogP contribution in [0.5, 0.6) is 0 Å². The van der Waals surface area contributed by atoms with Crippen molar-refractivity contribution in [1.29, 1.82) is 0 Å². The van der Waals surface area contributed by atoms with Crippen LogP contribution in [0.15, 0.2) is 18.2 Å². The summed E-state index contributed by atoms with van der Waals surface area (Å²) in [7, 11) is 0. The number of nitrogens with zero attached hydrogens (tertiary/aromatic N) is 2. The molecule has 0 radical (unpaired) electrons. The Bertz CT molecular complexity index is 709. The van der Waals surface area contributed by atoms with Gasteiger partial charge in [0, 0.05) is 43.6 Å². The predicted molar refractivity (Wildman–Crippen MR) is 118 cm³/mol. The molecule has 1 atom stereocenters. The maximum absolute atomic E-state index is 12.4. The second kappa shape index (κ2) is 9.96. The molecule has 2 fully saturated rings. The van der Waals surface area contributed by atoms with Gasteiger partial charge in [0.1, 0.15) is 6.04 Å². The van der Waals surface area contributed by atoms with Crippen molar-refractivity contribution in [3.8, 4) is 0 Å². The zero-order chi connectivity index (χ0) is 20.8. The molecule has 7 nitrogen and oxygen atoms in total. The number of hydrogen-bond donors (Lipinski definition) is 3. The summed E-state index contributed by atoms with van der Waals surface area (Å²) in [6, 6.07) is 5.60. The van der Waals surface area contributed by atoms with Crippen LogP contribution >= 0.6 is 0 Å². The lowest BCUT2D eigenvalue weighted by atomic mass is 10.1. The van der Waals surface area contributed by atoms with E-state index in [1.165, 1.54) is 5.69 Å². The minimum atomic E-state index is -0.498. The highest BCUT2D eigenvalue weighted by Crippen LogP contribution is 2.24. The Morgan fingerprint density at radius 1 is 1.14 bits per heavy atom. The van der Waals surface area contributed by atoms with E-state index in [1.54, 1.807) is 6.92 Å². The Morgan fingerprint density at radius 2 is 1.83 bits per heavy atom. The first-order chi connectivity index (χ1) is 14.0. The maximum Gasteiger partial charge on any atom is 0.321 e. The summed E-state index contributed by atoms with van der Waals surface area (Å²) in [6.07, 6.45) is 4.27. The zero-order valence-corrected chi connectivity index (χ0v) is 18.0. The van der Waals surface area contributed by atoms with E-state index >= 15 is 0 Å². The van der Waals surface area contributed by atoms with E-state index in [9.17, 15) is 9.59 Å². The van der Waals surface area contributed by atoms with E-state index in [4.69, 9.17) is 0 Å². The smallest absolute Gasteiger partial charge is 0.321 e. The van der Waals surface area contributed by atoms with Gasteiger partial charge in [-0.1, -0.05) is 19.8 Å². The van der Waals surface area contributed by atoms with Crippen LogP contribution < -0.4 is 20.9 Å². The Morgan fingerprint density at radius 3 is 2.45 bits per heavy atom. The minimum absolute atomic E-state index is 0.194. The Balaban J connectivity index is 1.51. The summed E-state index contributed by atoms with van der Waals surface area (Å²) in [5, 5.41) is 8.57. The maximum atomic E-state index is 12.4. The van der Waals surface area contributed by atoms with Gasteiger partial charge in [-0.25, -0.2) is 4.79 Å². The number of anilines is 2. The standard InChI is InChI=1S/C22H35N5O2/c1-4-26-11-13-27(14-12-26)19-9-10-20(16(2)15-19)23-17(3)21(28)25-22(29)24-18-7-5-6-8-18/h9-10,15,17-18,23H,4-8,11-14H2,1-3H3,(H2,24,25,28,29).